The Morgan fingerprint density at radius 3 is 3.17 bits per heavy atom. The first-order chi connectivity index (χ1) is 8.86. The Morgan fingerprint density at radius 1 is 1.39 bits per heavy atom. The van der Waals surface area contributed by atoms with E-state index in [1.807, 2.05) is 11.3 Å². The summed E-state index contributed by atoms with van der Waals surface area (Å²) >= 11 is 1.87. The molecule has 1 atom stereocenters. The summed E-state index contributed by atoms with van der Waals surface area (Å²) in [5.74, 6) is 0. The van der Waals surface area contributed by atoms with Gasteiger partial charge in [-0.25, -0.2) is 0 Å². The normalized spacial score (nSPS) is 21.5. The number of nitrogens with one attached hydrogen (secondary N) is 1. The Hall–Kier alpha value is -0.900. The van der Waals surface area contributed by atoms with Gasteiger partial charge < -0.3 is 5.32 Å². The van der Waals surface area contributed by atoms with Crippen molar-refractivity contribution in [3.8, 4) is 0 Å². The Morgan fingerprint density at radius 2 is 2.28 bits per heavy atom. The van der Waals surface area contributed by atoms with Crippen molar-refractivity contribution in [3.05, 3.63) is 35.2 Å². The monoisotopic (exact) mass is 260 g/mol. The topological polar surface area (TPSA) is 15.3 Å². The zero-order valence-corrected chi connectivity index (χ0v) is 11.7. The number of nitrogens with zero attached hydrogens (tertiary/aromatic N) is 1. The third-order valence-corrected chi connectivity index (χ3v) is 4.88. The van der Waals surface area contributed by atoms with Crippen LogP contribution in [0, 0.1) is 0 Å². The second-order valence-electron chi connectivity index (χ2n) is 5.12. The average Bonchev–Trinajstić information content (AvgIpc) is 2.83. The minimum absolute atomic E-state index is 0.670. The van der Waals surface area contributed by atoms with E-state index in [9.17, 15) is 0 Å². The highest BCUT2D eigenvalue weighted by atomic mass is 32.1. The van der Waals surface area contributed by atoms with Gasteiger partial charge in [-0.2, -0.15) is 0 Å². The van der Waals surface area contributed by atoms with Crippen molar-refractivity contribution in [3.63, 3.8) is 0 Å². The number of thiophene rings is 1. The van der Waals surface area contributed by atoms with Gasteiger partial charge in [0.1, 0.15) is 0 Å². The summed E-state index contributed by atoms with van der Waals surface area (Å²) in [4.78, 5) is 2.58. The first-order valence-corrected chi connectivity index (χ1v) is 7.59. The molecule has 96 valence electrons. The maximum atomic E-state index is 3.41. The van der Waals surface area contributed by atoms with Crippen molar-refractivity contribution in [1.29, 1.82) is 0 Å². The fraction of sp³-hybridized carbons (Fsp3) is 0.467. The largest absolute Gasteiger partial charge is 0.316 e. The van der Waals surface area contributed by atoms with E-state index < -0.39 is 0 Å². The van der Waals surface area contributed by atoms with Gasteiger partial charge in [0.05, 0.1) is 0 Å². The third-order valence-electron chi connectivity index (χ3n) is 3.87. The highest BCUT2D eigenvalue weighted by Gasteiger charge is 2.19. The molecule has 0 bridgehead atoms. The maximum absolute atomic E-state index is 3.41. The van der Waals surface area contributed by atoms with Gasteiger partial charge in [-0.15, -0.1) is 11.3 Å². The Kier molecular flexibility index (Phi) is 3.64. The molecule has 2 heterocycles. The van der Waals surface area contributed by atoms with Crippen LogP contribution in [-0.2, 0) is 6.54 Å². The van der Waals surface area contributed by atoms with Crippen LogP contribution >= 0.6 is 11.3 Å². The van der Waals surface area contributed by atoms with Crippen molar-refractivity contribution in [2.24, 2.45) is 0 Å². The van der Waals surface area contributed by atoms with E-state index in [2.05, 4.69) is 46.9 Å². The molecule has 2 aromatic rings. The van der Waals surface area contributed by atoms with Gasteiger partial charge in [-0.05, 0) is 48.8 Å². The molecular weight excluding hydrogens is 240 g/mol. The van der Waals surface area contributed by atoms with Crippen LogP contribution in [0.2, 0.25) is 0 Å². The predicted molar refractivity (Wildman–Crippen MR) is 79.2 cm³/mol. The Labute approximate surface area is 113 Å². The lowest BCUT2D eigenvalue weighted by molar-refractivity contribution is 0.189. The number of piperidine rings is 1. The molecule has 1 unspecified atom stereocenters. The minimum atomic E-state index is 0.670. The number of benzene rings is 1. The van der Waals surface area contributed by atoms with Crippen molar-refractivity contribution in [1.82, 2.24) is 10.2 Å². The van der Waals surface area contributed by atoms with Crippen molar-refractivity contribution >= 4 is 21.4 Å². The van der Waals surface area contributed by atoms with E-state index in [0.29, 0.717) is 6.04 Å². The van der Waals surface area contributed by atoms with Gasteiger partial charge in [0.25, 0.3) is 0 Å². The summed E-state index contributed by atoms with van der Waals surface area (Å²) in [6.07, 6.45) is 2.63. The summed E-state index contributed by atoms with van der Waals surface area (Å²) in [6.45, 7) is 3.52. The molecule has 0 spiro atoms. The van der Waals surface area contributed by atoms with Crippen LogP contribution in [0.3, 0.4) is 0 Å². The Bertz CT molecular complexity index is 520. The number of hydrogen-bond acceptors (Lipinski definition) is 3. The lowest BCUT2D eigenvalue weighted by Crippen LogP contribution is -2.43. The van der Waals surface area contributed by atoms with Gasteiger partial charge in [-0.3, -0.25) is 4.90 Å². The predicted octanol–water partition coefficient (Wildman–Crippen LogP) is 3.09. The molecule has 1 aromatic heterocycles. The van der Waals surface area contributed by atoms with Gasteiger partial charge in [-0.1, -0.05) is 18.2 Å². The zero-order chi connectivity index (χ0) is 12.4. The molecule has 3 rings (SSSR count). The van der Waals surface area contributed by atoms with Crippen LogP contribution in [0.15, 0.2) is 29.6 Å². The zero-order valence-electron chi connectivity index (χ0n) is 10.9. The van der Waals surface area contributed by atoms with E-state index in [1.54, 1.807) is 0 Å². The summed E-state index contributed by atoms with van der Waals surface area (Å²) in [7, 11) is 2.08. The summed E-state index contributed by atoms with van der Waals surface area (Å²) in [5.41, 5.74) is 1.49. The quantitative estimate of drug-likeness (QED) is 0.912. The molecule has 3 heteroatoms. The molecular formula is C15H20N2S. The molecule has 1 fully saturated rings. The van der Waals surface area contributed by atoms with E-state index >= 15 is 0 Å². The number of rotatable bonds is 3. The molecule has 0 radical (unpaired) electrons. The van der Waals surface area contributed by atoms with Crippen molar-refractivity contribution in [2.45, 2.75) is 25.4 Å². The lowest BCUT2D eigenvalue weighted by Gasteiger charge is -2.32. The van der Waals surface area contributed by atoms with E-state index in [1.165, 1.54) is 41.6 Å². The van der Waals surface area contributed by atoms with Crippen LogP contribution in [-0.4, -0.2) is 31.1 Å². The van der Waals surface area contributed by atoms with Crippen LogP contribution in [0.25, 0.3) is 10.1 Å². The molecule has 1 N–H and O–H groups in total. The molecule has 2 nitrogen and oxygen atoms in total. The molecule has 1 saturated heterocycles. The molecule has 1 aliphatic rings. The highest BCUT2D eigenvalue weighted by molar-refractivity contribution is 7.17. The minimum Gasteiger partial charge on any atom is -0.316 e. The number of hydrogen-bond donors (Lipinski definition) is 1. The fourth-order valence-electron chi connectivity index (χ4n) is 2.83. The van der Waals surface area contributed by atoms with Gasteiger partial charge in [0, 0.05) is 23.8 Å². The van der Waals surface area contributed by atoms with Crippen molar-refractivity contribution < 1.29 is 0 Å². The van der Waals surface area contributed by atoms with Gasteiger partial charge in [0.2, 0.25) is 0 Å². The van der Waals surface area contributed by atoms with Crippen LogP contribution in [0.5, 0.6) is 0 Å². The van der Waals surface area contributed by atoms with Gasteiger partial charge in [0.15, 0.2) is 0 Å². The SMILES string of the molecule is CNC1CCCN(Cc2csc3ccccc23)C1. The second-order valence-corrected chi connectivity index (χ2v) is 6.03. The van der Waals surface area contributed by atoms with E-state index in [0.717, 1.165) is 6.54 Å². The maximum Gasteiger partial charge on any atom is 0.0346 e. The molecule has 0 amide bonds. The average molecular weight is 260 g/mol. The third kappa shape index (κ3) is 2.44. The van der Waals surface area contributed by atoms with E-state index in [-0.39, 0.29) is 0 Å². The first-order valence-electron chi connectivity index (χ1n) is 6.71. The van der Waals surface area contributed by atoms with Crippen LogP contribution < -0.4 is 5.32 Å². The molecule has 1 aliphatic heterocycles. The van der Waals surface area contributed by atoms with E-state index in [4.69, 9.17) is 0 Å². The molecule has 1 aromatic carbocycles. The van der Waals surface area contributed by atoms with Crippen molar-refractivity contribution in [2.75, 3.05) is 20.1 Å². The second kappa shape index (κ2) is 5.39. The van der Waals surface area contributed by atoms with Crippen LogP contribution in [0.4, 0.5) is 0 Å². The van der Waals surface area contributed by atoms with Crippen LogP contribution in [0.1, 0.15) is 18.4 Å². The Balaban J connectivity index is 1.76. The highest BCUT2D eigenvalue weighted by Crippen LogP contribution is 2.27. The molecule has 18 heavy (non-hydrogen) atoms. The molecule has 0 aliphatic carbocycles. The summed E-state index contributed by atoms with van der Waals surface area (Å²) in [6, 6.07) is 9.41. The lowest BCUT2D eigenvalue weighted by atomic mass is 10.0. The first kappa shape index (κ1) is 12.2. The summed E-state index contributed by atoms with van der Waals surface area (Å²) < 4.78 is 1.41. The molecule has 0 saturated carbocycles. The standard InChI is InChI=1S/C15H20N2S/c1-16-13-5-4-8-17(10-13)9-12-11-18-15-7-3-2-6-14(12)15/h2-3,6-7,11,13,16H,4-5,8-10H2,1H3. The number of likely N-dealkylation sites (N-methyl/N-ethyl adjacent to an activating group) is 1. The number of fused-ring (bicyclic) bond motifs is 1. The van der Waals surface area contributed by atoms with Gasteiger partial charge >= 0.3 is 0 Å². The smallest absolute Gasteiger partial charge is 0.0346 e. The fourth-order valence-corrected chi connectivity index (χ4v) is 3.78. The summed E-state index contributed by atoms with van der Waals surface area (Å²) in [5, 5.41) is 7.18. The number of likely N-dealkylation sites (tertiary alicyclic amines) is 1.